The molecule has 0 fully saturated rings. The highest BCUT2D eigenvalue weighted by molar-refractivity contribution is 7.91. The molecule has 302 valence electrons. The zero-order valence-electron chi connectivity index (χ0n) is 34.1. The molecular formula is C56H34N4O3S. The minimum atomic E-state index is -4.20. The molecule has 0 unspecified atom stereocenters. The number of rotatable bonds is 4. The summed E-state index contributed by atoms with van der Waals surface area (Å²) in [7, 11) is -4.20. The van der Waals surface area contributed by atoms with Crippen molar-refractivity contribution in [3.05, 3.63) is 207 Å². The first-order valence-corrected chi connectivity index (χ1v) is 22.4. The lowest BCUT2D eigenvalue weighted by molar-refractivity contribution is 0.596. The number of fused-ring (bicyclic) bond motifs is 12. The summed E-state index contributed by atoms with van der Waals surface area (Å²) >= 11 is 0. The third-order valence-electron chi connectivity index (χ3n) is 12.0. The SMILES string of the molecule is O=S1(=O)c2ccccc2-c2ccccc2-c2ccccc2-c2ccc(-c3cc(-c4cnc(-c5ccccc5)nc4)nc(-c4ccccc4)n3)cc2-c2cc3oc4ccccc4c3cc21. The van der Waals surface area contributed by atoms with Gasteiger partial charge in [-0.1, -0.05) is 158 Å². The van der Waals surface area contributed by atoms with Gasteiger partial charge in [0.1, 0.15) is 11.2 Å². The highest BCUT2D eigenvalue weighted by Crippen LogP contribution is 2.49. The van der Waals surface area contributed by atoms with Gasteiger partial charge >= 0.3 is 0 Å². The van der Waals surface area contributed by atoms with Crippen molar-refractivity contribution in [2.24, 2.45) is 0 Å². The van der Waals surface area contributed by atoms with Crippen LogP contribution in [0.15, 0.2) is 221 Å². The van der Waals surface area contributed by atoms with Gasteiger partial charge in [0, 0.05) is 56.5 Å². The highest BCUT2D eigenvalue weighted by Gasteiger charge is 2.31. The monoisotopic (exact) mass is 842 g/mol. The van der Waals surface area contributed by atoms with Gasteiger partial charge < -0.3 is 4.42 Å². The Morgan fingerprint density at radius 3 is 1.55 bits per heavy atom. The molecule has 0 saturated carbocycles. The van der Waals surface area contributed by atoms with Crippen LogP contribution in [-0.2, 0) is 9.84 Å². The van der Waals surface area contributed by atoms with Crippen molar-refractivity contribution in [3.8, 4) is 89.8 Å². The standard InChI is InChI=1S/C56H34N4O3S/c61-64(62)53-26-14-12-24-45(53)42-22-10-9-20-40(42)39-19-7-8-21-41(39)43-28-27-37(29-46(43)48-30-52-47(31-54(48)64)44-23-11-13-25-51(44)63-52)49-32-50(60-56(59-49)36-17-5-2-6-18-36)38-33-57-55(58-34-38)35-15-3-1-4-16-35/h1-34H. The van der Waals surface area contributed by atoms with Crippen molar-refractivity contribution >= 4 is 31.8 Å². The normalized spacial score (nSPS) is 12.6. The quantitative estimate of drug-likeness (QED) is 0.174. The molecule has 8 heteroatoms. The molecule has 0 radical (unpaired) electrons. The Bertz CT molecular complexity index is 3740. The summed E-state index contributed by atoms with van der Waals surface area (Å²) in [5.41, 5.74) is 12.2. The Balaban J connectivity index is 1.15. The zero-order chi connectivity index (χ0) is 42.8. The van der Waals surface area contributed by atoms with E-state index in [0.29, 0.717) is 50.9 Å². The second kappa shape index (κ2) is 14.9. The molecule has 0 atom stereocenters. The summed E-state index contributed by atoms with van der Waals surface area (Å²) in [4.78, 5) is 20.1. The van der Waals surface area contributed by atoms with Gasteiger partial charge in [0.05, 0.1) is 21.2 Å². The molecule has 12 rings (SSSR count). The minimum Gasteiger partial charge on any atom is -0.456 e. The first-order chi connectivity index (χ1) is 31.5. The number of aromatic nitrogens is 4. The molecule has 0 spiro atoms. The predicted octanol–water partition coefficient (Wildman–Crippen LogP) is 13.6. The van der Waals surface area contributed by atoms with Crippen LogP contribution < -0.4 is 0 Å². The van der Waals surface area contributed by atoms with Gasteiger partial charge in [-0.3, -0.25) is 0 Å². The summed E-state index contributed by atoms with van der Waals surface area (Å²) in [6, 6.07) is 62.9. The Morgan fingerprint density at radius 1 is 0.344 bits per heavy atom. The number of furan rings is 1. The number of benzene rings is 8. The Labute approximate surface area is 369 Å². The van der Waals surface area contributed by atoms with Crippen LogP contribution in [0.4, 0.5) is 0 Å². The Kier molecular flexibility index (Phi) is 8.74. The lowest BCUT2D eigenvalue weighted by Gasteiger charge is -2.18. The fourth-order valence-electron chi connectivity index (χ4n) is 8.95. The lowest BCUT2D eigenvalue weighted by Crippen LogP contribution is -2.06. The van der Waals surface area contributed by atoms with Gasteiger partial charge in [-0.2, -0.15) is 0 Å². The van der Waals surface area contributed by atoms with Crippen molar-refractivity contribution in [1.29, 1.82) is 0 Å². The third-order valence-corrected chi connectivity index (χ3v) is 13.9. The molecule has 0 saturated heterocycles. The van der Waals surface area contributed by atoms with E-state index in [2.05, 4.69) is 36.4 Å². The first kappa shape index (κ1) is 37.4. The molecule has 64 heavy (non-hydrogen) atoms. The summed E-state index contributed by atoms with van der Waals surface area (Å²) < 4.78 is 37.8. The minimum absolute atomic E-state index is 0.179. The molecule has 1 aliphatic rings. The van der Waals surface area contributed by atoms with Crippen LogP contribution in [0.3, 0.4) is 0 Å². The molecule has 0 bridgehead atoms. The van der Waals surface area contributed by atoms with Gasteiger partial charge in [-0.25, -0.2) is 28.4 Å². The molecule has 0 amide bonds. The lowest BCUT2D eigenvalue weighted by atomic mass is 9.85. The van der Waals surface area contributed by atoms with E-state index in [-0.39, 0.29) is 9.79 Å². The third kappa shape index (κ3) is 6.22. The predicted molar refractivity (Wildman–Crippen MR) is 254 cm³/mol. The summed E-state index contributed by atoms with van der Waals surface area (Å²) in [5, 5.41) is 1.56. The van der Waals surface area contributed by atoms with E-state index in [9.17, 15) is 0 Å². The van der Waals surface area contributed by atoms with E-state index in [4.69, 9.17) is 24.4 Å². The molecule has 0 aliphatic carbocycles. The van der Waals surface area contributed by atoms with Crippen molar-refractivity contribution < 1.29 is 12.8 Å². The maximum Gasteiger partial charge on any atom is 0.207 e. The average molecular weight is 843 g/mol. The van der Waals surface area contributed by atoms with Crippen LogP contribution in [0.25, 0.3) is 112 Å². The van der Waals surface area contributed by atoms with Crippen LogP contribution >= 0.6 is 0 Å². The van der Waals surface area contributed by atoms with Crippen molar-refractivity contribution in [1.82, 2.24) is 19.9 Å². The summed E-state index contributed by atoms with van der Waals surface area (Å²) in [5.74, 6) is 1.14. The maximum absolute atomic E-state index is 15.6. The van der Waals surface area contributed by atoms with Crippen LogP contribution in [0.2, 0.25) is 0 Å². The van der Waals surface area contributed by atoms with Gasteiger partial charge in [0.2, 0.25) is 9.84 Å². The van der Waals surface area contributed by atoms with Gasteiger partial charge in [0.25, 0.3) is 0 Å². The summed E-state index contributed by atoms with van der Waals surface area (Å²) in [6.45, 7) is 0. The molecule has 1 aliphatic heterocycles. The molecule has 7 nitrogen and oxygen atoms in total. The van der Waals surface area contributed by atoms with Gasteiger partial charge in [0.15, 0.2) is 11.6 Å². The molecule has 8 aromatic carbocycles. The zero-order valence-corrected chi connectivity index (χ0v) is 34.9. The number of hydrogen-bond acceptors (Lipinski definition) is 7. The smallest absolute Gasteiger partial charge is 0.207 e. The second-order valence-electron chi connectivity index (χ2n) is 15.8. The topological polar surface area (TPSA) is 98.8 Å². The average Bonchev–Trinajstić information content (AvgIpc) is 3.73. The Morgan fingerprint density at radius 2 is 0.875 bits per heavy atom. The van der Waals surface area contributed by atoms with E-state index >= 15 is 8.42 Å². The first-order valence-electron chi connectivity index (χ1n) is 20.9. The Hall–Kier alpha value is -8.33. The van der Waals surface area contributed by atoms with Crippen LogP contribution in [0, 0.1) is 0 Å². The molecule has 4 heterocycles. The second-order valence-corrected chi connectivity index (χ2v) is 17.7. The molecule has 11 aromatic rings. The van der Waals surface area contributed by atoms with Crippen LogP contribution in [0.1, 0.15) is 0 Å². The summed E-state index contributed by atoms with van der Waals surface area (Å²) in [6.07, 6.45) is 3.58. The van der Waals surface area contributed by atoms with Crippen LogP contribution in [0.5, 0.6) is 0 Å². The highest BCUT2D eigenvalue weighted by atomic mass is 32.2. The van der Waals surface area contributed by atoms with Gasteiger partial charge in [-0.15, -0.1) is 0 Å². The molecule has 3 aromatic heterocycles. The number of hydrogen-bond donors (Lipinski definition) is 0. The van der Waals surface area contributed by atoms with E-state index < -0.39 is 9.84 Å². The number of nitrogens with zero attached hydrogens (tertiary/aromatic N) is 4. The van der Waals surface area contributed by atoms with E-state index in [1.54, 1.807) is 30.6 Å². The van der Waals surface area contributed by atoms with E-state index in [1.807, 2.05) is 140 Å². The largest absolute Gasteiger partial charge is 0.456 e. The van der Waals surface area contributed by atoms with E-state index in [1.165, 1.54) is 0 Å². The van der Waals surface area contributed by atoms with Crippen molar-refractivity contribution in [2.75, 3.05) is 0 Å². The molecule has 0 N–H and O–H groups in total. The van der Waals surface area contributed by atoms with Crippen molar-refractivity contribution in [3.63, 3.8) is 0 Å². The fraction of sp³-hybridized carbons (Fsp3) is 0. The van der Waals surface area contributed by atoms with Crippen LogP contribution in [-0.4, -0.2) is 28.4 Å². The molecular weight excluding hydrogens is 809 g/mol. The van der Waals surface area contributed by atoms with Gasteiger partial charge in [-0.05, 0) is 69.8 Å². The maximum atomic E-state index is 15.6. The van der Waals surface area contributed by atoms with Crippen molar-refractivity contribution in [2.45, 2.75) is 9.79 Å². The fourth-order valence-corrected chi connectivity index (χ4v) is 10.6. The van der Waals surface area contributed by atoms with E-state index in [0.717, 1.165) is 60.8 Å². The number of para-hydroxylation sites is 1. The number of sulfone groups is 1.